The molecule has 21 heavy (non-hydrogen) atoms. The molecule has 1 saturated carbocycles. The average molecular weight is 312 g/mol. The molecule has 1 amide bonds. The number of carbonyl (C=O) groups is 2. The van der Waals surface area contributed by atoms with Gasteiger partial charge in [0.2, 0.25) is 0 Å². The van der Waals surface area contributed by atoms with E-state index in [0.29, 0.717) is 5.13 Å². The highest BCUT2D eigenvalue weighted by atomic mass is 32.1. The lowest BCUT2D eigenvalue weighted by Crippen LogP contribution is -2.27. The van der Waals surface area contributed by atoms with E-state index in [9.17, 15) is 9.59 Å². The highest BCUT2D eigenvalue weighted by Gasteiger charge is 2.48. The minimum Gasteiger partial charge on any atom is -0.481 e. The number of hydrogen-bond donors (Lipinski definition) is 2. The molecule has 7 heteroatoms. The van der Waals surface area contributed by atoms with Gasteiger partial charge in [-0.05, 0) is 40.5 Å². The van der Waals surface area contributed by atoms with Crippen LogP contribution in [0.5, 0.6) is 0 Å². The highest BCUT2D eigenvalue weighted by molar-refractivity contribution is 7.16. The third-order valence-corrected chi connectivity index (χ3v) is 4.55. The van der Waals surface area contributed by atoms with Crippen LogP contribution in [0.3, 0.4) is 0 Å². The number of nitrogens with one attached hydrogen (secondary N) is 1. The van der Waals surface area contributed by atoms with Crippen molar-refractivity contribution in [2.75, 3.05) is 5.32 Å². The van der Waals surface area contributed by atoms with Gasteiger partial charge in [-0.1, -0.05) is 0 Å². The minimum absolute atomic E-state index is 0.113. The molecular weight excluding hydrogens is 292 g/mol. The molecule has 0 aromatic carbocycles. The lowest BCUT2D eigenvalue weighted by Gasteiger charge is -2.18. The summed E-state index contributed by atoms with van der Waals surface area (Å²) in [5, 5.41) is 12.1. The predicted octanol–water partition coefficient (Wildman–Crippen LogP) is 3.30. The van der Waals surface area contributed by atoms with Gasteiger partial charge in [0, 0.05) is 10.3 Å². The van der Waals surface area contributed by atoms with Crippen LogP contribution in [0.15, 0.2) is 0 Å². The Morgan fingerprint density at radius 3 is 2.52 bits per heavy atom. The zero-order valence-corrected chi connectivity index (χ0v) is 13.5. The monoisotopic (exact) mass is 312 g/mol. The van der Waals surface area contributed by atoms with Gasteiger partial charge < -0.3 is 9.84 Å². The second kappa shape index (κ2) is 5.29. The molecule has 2 rings (SSSR count). The number of anilines is 1. The number of nitrogens with zero attached hydrogens (tertiary/aromatic N) is 1. The van der Waals surface area contributed by atoms with Crippen LogP contribution in [0.1, 0.15) is 50.6 Å². The molecule has 1 aromatic rings. The zero-order valence-electron chi connectivity index (χ0n) is 12.6. The average Bonchev–Trinajstić information content (AvgIpc) is 2.93. The van der Waals surface area contributed by atoms with Crippen LogP contribution >= 0.6 is 11.3 Å². The number of ether oxygens (including phenoxy) is 1. The summed E-state index contributed by atoms with van der Waals surface area (Å²) >= 11 is 1.34. The molecule has 1 heterocycles. The Balaban J connectivity index is 2.10. The van der Waals surface area contributed by atoms with E-state index in [1.807, 2.05) is 6.92 Å². The molecule has 0 aliphatic heterocycles. The van der Waals surface area contributed by atoms with Crippen molar-refractivity contribution in [3.63, 3.8) is 0 Å². The first-order valence-electron chi connectivity index (χ1n) is 6.81. The quantitative estimate of drug-likeness (QED) is 0.890. The number of amides is 1. The van der Waals surface area contributed by atoms with Gasteiger partial charge in [0.05, 0.1) is 12.1 Å². The maximum absolute atomic E-state index is 11.7. The summed E-state index contributed by atoms with van der Waals surface area (Å²) < 4.78 is 5.18. The molecule has 1 aliphatic carbocycles. The van der Waals surface area contributed by atoms with Gasteiger partial charge in [-0.3, -0.25) is 10.1 Å². The molecule has 0 saturated heterocycles. The van der Waals surface area contributed by atoms with Crippen molar-refractivity contribution in [3.05, 3.63) is 10.6 Å². The van der Waals surface area contributed by atoms with Crippen LogP contribution < -0.4 is 5.32 Å². The van der Waals surface area contributed by atoms with Crippen molar-refractivity contribution in [2.24, 2.45) is 0 Å². The lowest BCUT2D eigenvalue weighted by atomic mass is 9.99. The number of thiazole rings is 1. The summed E-state index contributed by atoms with van der Waals surface area (Å²) in [6.45, 7) is 7.21. The van der Waals surface area contributed by atoms with Crippen LogP contribution in [0.4, 0.5) is 9.93 Å². The second-order valence-electron chi connectivity index (χ2n) is 6.41. The number of carboxylic acid groups (broad SMARTS) is 1. The van der Waals surface area contributed by atoms with Crippen LogP contribution in [0.25, 0.3) is 0 Å². The van der Waals surface area contributed by atoms with E-state index in [2.05, 4.69) is 10.3 Å². The summed E-state index contributed by atoms with van der Waals surface area (Å²) in [4.78, 5) is 28.0. The smallest absolute Gasteiger partial charge is 0.413 e. The van der Waals surface area contributed by atoms with Crippen molar-refractivity contribution in [2.45, 2.75) is 58.0 Å². The fourth-order valence-corrected chi connectivity index (χ4v) is 3.45. The Labute approximate surface area is 127 Å². The minimum atomic E-state index is -0.804. The zero-order chi connectivity index (χ0) is 15.8. The van der Waals surface area contributed by atoms with Crippen LogP contribution in [0.2, 0.25) is 0 Å². The van der Waals surface area contributed by atoms with Gasteiger partial charge in [0.1, 0.15) is 5.60 Å². The molecule has 0 spiro atoms. The van der Waals surface area contributed by atoms with Crippen LogP contribution in [-0.4, -0.2) is 27.8 Å². The van der Waals surface area contributed by atoms with Crippen molar-refractivity contribution >= 4 is 28.5 Å². The van der Waals surface area contributed by atoms with E-state index in [1.54, 1.807) is 20.8 Å². The first kappa shape index (κ1) is 15.8. The Hall–Kier alpha value is -1.63. The largest absolute Gasteiger partial charge is 0.481 e. The molecule has 6 nitrogen and oxygen atoms in total. The van der Waals surface area contributed by atoms with Gasteiger partial charge in [-0.15, -0.1) is 11.3 Å². The highest BCUT2D eigenvalue weighted by Crippen LogP contribution is 2.54. The Bertz CT molecular complexity index is 570. The third-order valence-electron chi connectivity index (χ3n) is 3.23. The fourth-order valence-electron chi connectivity index (χ4n) is 2.26. The maximum Gasteiger partial charge on any atom is 0.413 e. The normalized spacial score (nSPS) is 16.4. The van der Waals surface area contributed by atoms with Crippen molar-refractivity contribution in [1.29, 1.82) is 0 Å². The van der Waals surface area contributed by atoms with E-state index in [-0.39, 0.29) is 11.8 Å². The molecule has 1 aromatic heterocycles. The van der Waals surface area contributed by atoms with Gasteiger partial charge in [-0.25, -0.2) is 9.78 Å². The number of aromatic nitrogens is 1. The third kappa shape index (κ3) is 3.93. The Morgan fingerprint density at radius 1 is 1.43 bits per heavy atom. The molecule has 0 atom stereocenters. The summed E-state index contributed by atoms with van der Waals surface area (Å²) in [6.07, 6.45) is 1.27. The topological polar surface area (TPSA) is 88.5 Å². The number of carbonyl (C=O) groups excluding carboxylic acids is 1. The molecule has 0 bridgehead atoms. The number of hydrogen-bond acceptors (Lipinski definition) is 5. The van der Waals surface area contributed by atoms with Crippen LogP contribution in [0, 0.1) is 6.92 Å². The summed E-state index contributed by atoms with van der Waals surface area (Å²) in [5.74, 6) is -0.804. The summed E-state index contributed by atoms with van der Waals surface area (Å²) in [5.41, 5.74) is -0.0772. The number of aliphatic carboxylic acids is 1. The molecule has 116 valence electrons. The van der Waals surface area contributed by atoms with E-state index >= 15 is 0 Å². The van der Waals surface area contributed by atoms with E-state index in [4.69, 9.17) is 9.84 Å². The lowest BCUT2D eigenvalue weighted by molar-refractivity contribution is -0.137. The van der Waals surface area contributed by atoms with Gasteiger partial charge in [0.25, 0.3) is 0 Å². The van der Waals surface area contributed by atoms with Crippen LogP contribution in [-0.2, 0) is 14.9 Å². The number of rotatable bonds is 4. The van der Waals surface area contributed by atoms with Crippen molar-refractivity contribution < 1.29 is 19.4 Å². The Morgan fingerprint density at radius 2 is 2.05 bits per heavy atom. The first-order chi connectivity index (χ1) is 9.61. The first-order valence-corrected chi connectivity index (χ1v) is 7.63. The fraction of sp³-hybridized carbons (Fsp3) is 0.643. The summed E-state index contributed by atoms with van der Waals surface area (Å²) in [7, 11) is 0. The standard InChI is InChI=1S/C14H20N2O4S/c1-8-10(14(5-6-14)7-9(17)18)21-11(15-8)16-12(19)20-13(2,3)4/h5-7H2,1-4H3,(H,17,18)(H,15,16,19). The second-order valence-corrected chi connectivity index (χ2v) is 7.41. The molecule has 2 N–H and O–H groups in total. The Kier molecular flexibility index (Phi) is 3.97. The predicted molar refractivity (Wildman–Crippen MR) is 79.9 cm³/mol. The van der Waals surface area contributed by atoms with Crippen molar-refractivity contribution in [1.82, 2.24) is 4.98 Å². The molecule has 0 unspecified atom stereocenters. The van der Waals surface area contributed by atoms with Gasteiger partial charge in [0.15, 0.2) is 5.13 Å². The summed E-state index contributed by atoms with van der Waals surface area (Å²) in [6, 6.07) is 0. The maximum atomic E-state index is 11.7. The molecule has 1 fully saturated rings. The van der Waals surface area contributed by atoms with Gasteiger partial charge >= 0.3 is 12.1 Å². The van der Waals surface area contributed by atoms with E-state index in [0.717, 1.165) is 23.4 Å². The number of aryl methyl sites for hydroxylation is 1. The molecule has 0 radical (unpaired) electrons. The van der Waals surface area contributed by atoms with Crippen molar-refractivity contribution in [3.8, 4) is 0 Å². The number of carboxylic acids is 1. The molecular formula is C14H20N2O4S. The molecule has 1 aliphatic rings. The van der Waals surface area contributed by atoms with E-state index < -0.39 is 17.7 Å². The SMILES string of the molecule is Cc1nc(NC(=O)OC(C)(C)C)sc1C1(CC(=O)O)CC1. The van der Waals surface area contributed by atoms with E-state index in [1.165, 1.54) is 11.3 Å². The van der Waals surface area contributed by atoms with Gasteiger partial charge in [-0.2, -0.15) is 0 Å².